The van der Waals surface area contributed by atoms with Gasteiger partial charge in [-0.05, 0) is 30.3 Å². The summed E-state index contributed by atoms with van der Waals surface area (Å²) in [6, 6.07) is 11.5. The molecule has 0 saturated carbocycles. The van der Waals surface area contributed by atoms with Crippen molar-refractivity contribution in [3.05, 3.63) is 64.7 Å². The van der Waals surface area contributed by atoms with Gasteiger partial charge in [0.15, 0.2) is 6.10 Å². The highest BCUT2D eigenvalue weighted by Gasteiger charge is 2.31. The molecule has 0 radical (unpaired) electrons. The van der Waals surface area contributed by atoms with E-state index in [2.05, 4.69) is 4.99 Å². The molecule has 0 aromatic heterocycles. The topological polar surface area (TPSA) is 30.8 Å². The Morgan fingerprint density at radius 3 is 2.44 bits per heavy atom. The van der Waals surface area contributed by atoms with Gasteiger partial charge in [-0.2, -0.15) is 13.2 Å². The van der Waals surface area contributed by atoms with Crippen molar-refractivity contribution >= 4 is 29.9 Å². The maximum atomic E-state index is 12.9. The zero-order chi connectivity index (χ0) is 17.2. The van der Waals surface area contributed by atoms with Crippen LogP contribution in [0.4, 0.5) is 13.2 Å². The van der Waals surface area contributed by atoms with Crippen molar-refractivity contribution < 1.29 is 22.6 Å². The first-order valence-electron chi connectivity index (χ1n) is 7.20. The highest BCUT2D eigenvalue weighted by molar-refractivity contribution is 6.30. The third-order valence-corrected chi connectivity index (χ3v) is 3.67. The first-order chi connectivity index (χ1) is 11.4. The van der Waals surface area contributed by atoms with E-state index >= 15 is 0 Å². The zero-order valence-corrected chi connectivity index (χ0v) is 14.4. The van der Waals surface area contributed by atoms with Crippen molar-refractivity contribution in [2.45, 2.75) is 12.3 Å². The third kappa shape index (κ3) is 4.80. The summed E-state index contributed by atoms with van der Waals surface area (Å²) in [5.74, 6) is 0.428. The summed E-state index contributed by atoms with van der Waals surface area (Å²) in [5.41, 5.74) is -0.0819. The molecule has 134 valence electrons. The Balaban J connectivity index is 0.00000225. The highest BCUT2D eigenvalue weighted by atomic mass is 35.5. The molecule has 2 aromatic rings. The van der Waals surface area contributed by atoms with Gasteiger partial charge in [0.05, 0.1) is 12.1 Å². The second kappa shape index (κ2) is 7.97. The molecule has 1 unspecified atom stereocenters. The van der Waals surface area contributed by atoms with E-state index in [1.165, 1.54) is 12.1 Å². The molecule has 3 nitrogen and oxygen atoms in total. The molecule has 0 amide bonds. The van der Waals surface area contributed by atoms with Gasteiger partial charge in [-0.15, -0.1) is 12.4 Å². The Kier molecular flexibility index (Phi) is 6.19. The van der Waals surface area contributed by atoms with Crippen molar-refractivity contribution in [2.75, 3.05) is 13.2 Å². The van der Waals surface area contributed by atoms with E-state index in [-0.39, 0.29) is 18.2 Å². The number of rotatable bonds is 4. The minimum Gasteiger partial charge on any atom is -0.476 e. The van der Waals surface area contributed by atoms with E-state index in [9.17, 15) is 13.2 Å². The molecule has 8 heteroatoms. The lowest BCUT2D eigenvalue weighted by molar-refractivity contribution is -0.137. The fourth-order valence-corrected chi connectivity index (χ4v) is 2.42. The van der Waals surface area contributed by atoms with Crippen LogP contribution in [0.3, 0.4) is 0 Å². The van der Waals surface area contributed by atoms with E-state index < -0.39 is 17.8 Å². The summed E-state index contributed by atoms with van der Waals surface area (Å²) in [7, 11) is 0. The minimum atomic E-state index is -4.43. The standard InChI is InChI=1S/C17H13ClF3NO2.ClH/c18-13-6-4-11(5-7-13)15(16-22-8-9-23-16)24-14-3-1-2-12(10-14)17(19,20)21;/h1-7,10,15H,8-9H2;1H. The van der Waals surface area contributed by atoms with Gasteiger partial charge in [-0.25, -0.2) is 4.99 Å². The van der Waals surface area contributed by atoms with Crippen LogP contribution in [-0.2, 0) is 10.9 Å². The van der Waals surface area contributed by atoms with Crippen molar-refractivity contribution in [2.24, 2.45) is 4.99 Å². The first-order valence-corrected chi connectivity index (χ1v) is 7.58. The number of aliphatic imine (C=N–C) groups is 1. The van der Waals surface area contributed by atoms with Crippen LogP contribution in [0.5, 0.6) is 5.75 Å². The van der Waals surface area contributed by atoms with Gasteiger partial charge in [0, 0.05) is 10.6 Å². The fourth-order valence-electron chi connectivity index (χ4n) is 2.29. The van der Waals surface area contributed by atoms with Gasteiger partial charge < -0.3 is 9.47 Å². The van der Waals surface area contributed by atoms with Crippen LogP contribution in [0.1, 0.15) is 17.2 Å². The quantitative estimate of drug-likeness (QED) is 0.704. The molecule has 2 aromatic carbocycles. The smallest absolute Gasteiger partial charge is 0.416 e. The van der Waals surface area contributed by atoms with Crippen molar-refractivity contribution in [1.29, 1.82) is 0 Å². The van der Waals surface area contributed by atoms with Crippen LogP contribution in [0, 0.1) is 0 Å². The van der Waals surface area contributed by atoms with Gasteiger partial charge in [0.2, 0.25) is 5.90 Å². The van der Waals surface area contributed by atoms with E-state index in [4.69, 9.17) is 21.1 Å². The van der Waals surface area contributed by atoms with E-state index in [0.717, 1.165) is 12.1 Å². The average Bonchev–Trinajstić information content (AvgIpc) is 3.07. The largest absolute Gasteiger partial charge is 0.476 e. The molecule has 1 atom stereocenters. The molecule has 0 N–H and O–H groups in total. The number of halogens is 5. The van der Waals surface area contributed by atoms with Crippen molar-refractivity contribution in [3.8, 4) is 5.75 Å². The van der Waals surface area contributed by atoms with Crippen LogP contribution in [0.2, 0.25) is 5.02 Å². The fraction of sp³-hybridized carbons (Fsp3) is 0.235. The van der Waals surface area contributed by atoms with Gasteiger partial charge in [0.1, 0.15) is 12.4 Å². The number of ether oxygens (including phenoxy) is 2. The molecule has 1 aliphatic rings. The molecule has 0 saturated heterocycles. The molecule has 25 heavy (non-hydrogen) atoms. The Morgan fingerprint density at radius 1 is 1.12 bits per heavy atom. The monoisotopic (exact) mass is 391 g/mol. The lowest BCUT2D eigenvalue weighted by atomic mass is 10.1. The average molecular weight is 392 g/mol. The van der Waals surface area contributed by atoms with Gasteiger partial charge >= 0.3 is 6.18 Å². The maximum absolute atomic E-state index is 12.9. The summed E-state index contributed by atoms with van der Waals surface area (Å²) in [4.78, 5) is 4.22. The van der Waals surface area contributed by atoms with Gasteiger partial charge in [-0.3, -0.25) is 0 Å². The number of alkyl halides is 3. The summed E-state index contributed by atoms with van der Waals surface area (Å²) in [6.07, 6.45) is -5.16. The Hall–Kier alpha value is -1.92. The number of hydrogen-bond donors (Lipinski definition) is 0. The molecular weight excluding hydrogens is 378 g/mol. The van der Waals surface area contributed by atoms with Crippen LogP contribution >= 0.6 is 24.0 Å². The SMILES string of the molecule is Cl.FC(F)(F)c1cccc(OC(C2=NCCO2)c2ccc(Cl)cc2)c1. The van der Waals surface area contributed by atoms with Crippen LogP contribution in [0.25, 0.3) is 0 Å². The molecule has 0 aliphatic carbocycles. The number of benzene rings is 2. The molecule has 0 fully saturated rings. The highest BCUT2D eigenvalue weighted by Crippen LogP contribution is 2.33. The van der Waals surface area contributed by atoms with E-state index in [0.29, 0.717) is 29.6 Å². The first kappa shape index (κ1) is 19.4. The molecule has 0 bridgehead atoms. The number of nitrogens with zero attached hydrogens (tertiary/aromatic N) is 1. The molecule has 1 heterocycles. The lowest BCUT2D eigenvalue weighted by Crippen LogP contribution is -2.19. The van der Waals surface area contributed by atoms with E-state index in [1.54, 1.807) is 24.3 Å². The van der Waals surface area contributed by atoms with E-state index in [1.807, 2.05) is 0 Å². The molecule has 1 aliphatic heterocycles. The summed E-state index contributed by atoms with van der Waals surface area (Å²) in [6.45, 7) is 0.913. The molecular formula is C17H14Cl2F3NO2. The summed E-state index contributed by atoms with van der Waals surface area (Å²) in [5, 5.41) is 0.547. The predicted molar refractivity (Wildman–Crippen MR) is 91.8 cm³/mol. The Morgan fingerprint density at radius 2 is 1.84 bits per heavy atom. The second-order valence-corrected chi connectivity index (χ2v) is 5.58. The minimum absolute atomic E-state index is 0. The third-order valence-electron chi connectivity index (χ3n) is 3.42. The normalized spacial score (nSPS) is 15.0. The predicted octanol–water partition coefficient (Wildman–Crippen LogP) is 5.33. The summed E-state index contributed by atoms with van der Waals surface area (Å²) < 4.78 is 49.8. The molecule has 3 rings (SSSR count). The van der Waals surface area contributed by atoms with Crippen LogP contribution in [-0.4, -0.2) is 19.0 Å². The Labute approximate surface area is 153 Å². The Bertz CT molecular complexity index is 748. The van der Waals surface area contributed by atoms with Gasteiger partial charge in [-0.1, -0.05) is 29.8 Å². The second-order valence-electron chi connectivity index (χ2n) is 5.14. The van der Waals surface area contributed by atoms with Crippen molar-refractivity contribution in [3.63, 3.8) is 0 Å². The maximum Gasteiger partial charge on any atom is 0.416 e. The van der Waals surface area contributed by atoms with Crippen LogP contribution < -0.4 is 4.74 Å². The van der Waals surface area contributed by atoms with Crippen molar-refractivity contribution in [1.82, 2.24) is 0 Å². The zero-order valence-electron chi connectivity index (χ0n) is 12.8. The number of hydrogen-bond acceptors (Lipinski definition) is 3. The molecule has 0 spiro atoms. The summed E-state index contributed by atoms with van der Waals surface area (Å²) >= 11 is 5.88. The lowest BCUT2D eigenvalue weighted by Gasteiger charge is -2.20. The van der Waals surface area contributed by atoms with Gasteiger partial charge in [0.25, 0.3) is 0 Å². The van der Waals surface area contributed by atoms with Crippen LogP contribution in [0.15, 0.2) is 53.5 Å².